The summed E-state index contributed by atoms with van der Waals surface area (Å²) < 4.78 is 2.07. The second kappa shape index (κ2) is 9.24. The quantitative estimate of drug-likeness (QED) is 0.366. The molecule has 0 bridgehead atoms. The summed E-state index contributed by atoms with van der Waals surface area (Å²) in [6.07, 6.45) is 5.40. The third-order valence-corrected chi connectivity index (χ3v) is 6.41. The number of carbonyl (C=O) groups excluding carboxylic acids is 1. The number of imidazole rings is 1. The largest absolute Gasteiger partial charge is 0.369 e. The lowest BCUT2D eigenvalue weighted by molar-refractivity contribution is -0.683. The molecule has 6 nitrogen and oxygen atoms in total. The number of H-pyrrole nitrogens is 1. The van der Waals surface area contributed by atoms with Gasteiger partial charge in [0.25, 0.3) is 0 Å². The molecule has 2 heterocycles. The number of benzene rings is 2. The fourth-order valence-corrected chi connectivity index (χ4v) is 4.51. The van der Waals surface area contributed by atoms with E-state index in [0.29, 0.717) is 12.3 Å². The molecule has 4 rings (SSSR count). The SMILES string of the molecule is C#CCN1CCN(c2ccc(NC(=O)CSc3[nH]c4ccccc4[n+]3C)cc2)CC1. The molecule has 0 unspecified atom stereocenters. The highest BCUT2D eigenvalue weighted by Gasteiger charge is 2.18. The summed E-state index contributed by atoms with van der Waals surface area (Å²) in [5, 5.41) is 3.95. The number of rotatable bonds is 6. The van der Waals surface area contributed by atoms with Gasteiger partial charge in [0, 0.05) is 37.6 Å². The van der Waals surface area contributed by atoms with E-state index in [1.54, 1.807) is 0 Å². The maximum Gasteiger partial charge on any atom is 0.317 e. The Bertz CT molecular complexity index is 1060. The fourth-order valence-electron chi connectivity index (χ4n) is 3.69. The van der Waals surface area contributed by atoms with E-state index < -0.39 is 0 Å². The fraction of sp³-hybridized carbons (Fsp3) is 0.304. The van der Waals surface area contributed by atoms with E-state index in [2.05, 4.69) is 48.8 Å². The highest BCUT2D eigenvalue weighted by atomic mass is 32.2. The van der Waals surface area contributed by atoms with Gasteiger partial charge < -0.3 is 10.2 Å². The molecule has 0 spiro atoms. The van der Waals surface area contributed by atoms with Crippen molar-refractivity contribution in [3.63, 3.8) is 0 Å². The summed E-state index contributed by atoms with van der Waals surface area (Å²) >= 11 is 1.50. The first-order valence-corrected chi connectivity index (χ1v) is 11.0. The van der Waals surface area contributed by atoms with Crippen molar-refractivity contribution in [2.24, 2.45) is 7.05 Å². The van der Waals surface area contributed by atoms with E-state index >= 15 is 0 Å². The van der Waals surface area contributed by atoms with Crippen molar-refractivity contribution >= 4 is 40.1 Å². The van der Waals surface area contributed by atoms with Crippen LogP contribution in [0.5, 0.6) is 0 Å². The number of thioether (sulfide) groups is 1. The summed E-state index contributed by atoms with van der Waals surface area (Å²) in [5.41, 5.74) is 4.18. The smallest absolute Gasteiger partial charge is 0.317 e. The molecule has 1 saturated heterocycles. The number of anilines is 2. The van der Waals surface area contributed by atoms with Crippen molar-refractivity contribution in [3.05, 3.63) is 48.5 Å². The van der Waals surface area contributed by atoms with Gasteiger partial charge in [-0.25, -0.2) is 9.55 Å². The number of piperazine rings is 1. The predicted molar refractivity (Wildman–Crippen MR) is 123 cm³/mol. The lowest BCUT2D eigenvalue weighted by Gasteiger charge is -2.35. The molecule has 1 aliphatic heterocycles. The van der Waals surface area contributed by atoms with Crippen molar-refractivity contribution in [1.29, 1.82) is 0 Å². The molecule has 3 aromatic rings. The summed E-state index contributed by atoms with van der Waals surface area (Å²) in [6, 6.07) is 16.2. The van der Waals surface area contributed by atoms with Crippen molar-refractivity contribution < 1.29 is 9.36 Å². The topological polar surface area (TPSA) is 55.2 Å². The first kappa shape index (κ1) is 20.3. The molecule has 1 fully saturated rings. The van der Waals surface area contributed by atoms with E-state index in [-0.39, 0.29) is 5.91 Å². The lowest BCUT2D eigenvalue weighted by atomic mass is 10.2. The number of aryl methyl sites for hydroxylation is 1. The minimum Gasteiger partial charge on any atom is -0.369 e. The summed E-state index contributed by atoms with van der Waals surface area (Å²) in [6.45, 7) is 4.60. The molecule has 7 heteroatoms. The van der Waals surface area contributed by atoms with Crippen LogP contribution in [0.2, 0.25) is 0 Å². The highest BCUT2D eigenvalue weighted by molar-refractivity contribution is 7.99. The first-order chi connectivity index (χ1) is 14.6. The van der Waals surface area contributed by atoms with Gasteiger partial charge in [-0.15, -0.1) is 6.42 Å². The average molecular weight is 421 g/mol. The van der Waals surface area contributed by atoms with Gasteiger partial charge in [0.15, 0.2) is 11.0 Å². The number of para-hydroxylation sites is 2. The molecule has 0 radical (unpaired) electrons. The number of aromatic nitrogens is 2. The molecule has 1 aromatic heterocycles. The molecule has 1 amide bonds. The third kappa shape index (κ3) is 4.61. The van der Waals surface area contributed by atoms with Crippen LogP contribution in [0.1, 0.15) is 0 Å². The molecular weight excluding hydrogens is 394 g/mol. The molecule has 30 heavy (non-hydrogen) atoms. The van der Waals surface area contributed by atoms with Crippen LogP contribution < -0.4 is 14.8 Å². The minimum absolute atomic E-state index is 0.0192. The molecule has 2 N–H and O–H groups in total. The molecule has 2 aromatic carbocycles. The number of hydrogen-bond acceptors (Lipinski definition) is 4. The van der Waals surface area contributed by atoms with Crippen molar-refractivity contribution in [2.45, 2.75) is 5.16 Å². The maximum absolute atomic E-state index is 12.4. The van der Waals surface area contributed by atoms with Crippen molar-refractivity contribution in [1.82, 2.24) is 9.88 Å². The molecule has 154 valence electrons. The first-order valence-electron chi connectivity index (χ1n) is 10.0. The molecule has 0 aliphatic carbocycles. The van der Waals surface area contributed by atoms with Gasteiger partial charge in [0.05, 0.1) is 19.3 Å². The molecule has 0 saturated carbocycles. The van der Waals surface area contributed by atoms with E-state index in [4.69, 9.17) is 6.42 Å². The minimum atomic E-state index is -0.0192. The Morgan fingerprint density at radius 1 is 1.17 bits per heavy atom. The van der Waals surface area contributed by atoms with E-state index in [1.165, 1.54) is 17.4 Å². The van der Waals surface area contributed by atoms with Crippen LogP contribution in [-0.4, -0.2) is 54.3 Å². The van der Waals surface area contributed by atoms with Gasteiger partial charge in [0.2, 0.25) is 5.91 Å². The normalized spacial score (nSPS) is 14.6. The lowest BCUT2D eigenvalue weighted by Crippen LogP contribution is -2.46. The summed E-state index contributed by atoms with van der Waals surface area (Å²) in [7, 11) is 2.00. The van der Waals surface area contributed by atoms with Crippen LogP contribution in [0.3, 0.4) is 0 Å². The van der Waals surface area contributed by atoms with Crippen LogP contribution in [0.15, 0.2) is 53.7 Å². The number of fused-ring (bicyclic) bond motifs is 1. The Morgan fingerprint density at radius 2 is 1.90 bits per heavy atom. The number of terminal acetylenes is 1. The number of nitrogens with one attached hydrogen (secondary N) is 2. The standard InChI is InChI=1S/C23H25N5OS/c1-3-12-27-13-15-28(16-14-27)19-10-8-18(9-11-19)24-22(29)17-30-23-25-20-6-4-5-7-21(20)26(23)2/h1,4-11H,12-17H2,2H3,(H,24,29)/p+1. The van der Waals surface area contributed by atoms with Gasteiger partial charge in [-0.05, 0) is 48.2 Å². The predicted octanol–water partition coefficient (Wildman–Crippen LogP) is 2.48. The number of hydrogen-bond donors (Lipinski definition) is 2. The van der Waals surface area contributed by atoms with Crippen LogP contribution in [0.4, 0.5) is 11.4 Å². The third-order valence-electron chi connectivity index (χ3n) is 5.36. The Kier molecular flexibility index (Phi) is 6.26. The Hall–Kier alpha value is -2.95. The van der Waals surface area contributed by atoms with E-state index in [0.717, 1.165) is 48.1 Å². The molecule has 1 aliphatic rings. The van der Waals surface area contributed by atoms with Gasteiger partial charge in [0.1, 0.15) is 0 Å². The van der Waals surface area contributed by atoms with Gasteiger partial charge in [-0.1, -0.05) is 18.1 Å². The second-order valence-corrected chi connectivity index (χ2v) is 8.32. The number of amides is 1. The van der Waals surface area contributed by atoms with Crippen LogP contribution in [0, 0.1) is 12.3 Å². The Morgan fingerprint density at radius 3 is 2.60 bits per heavy atom. The van der Waals surface area contributed by atoms with Crippen molar-refractivity contribution in [3.8, 4) is 12.3 Å². The zero-order valence-electron chi connectivity index (χ0n) is 17.1. The van der Waals surface area contributed by atoms with Crippen LogP contribution in [-0.2, 0) is 11.8 Å². The zero-order valence-corrected chi connectivity index (χ0v) is 17.9. The summed E-state index contributed by atoms with van der Waals surface area (Å²) in [5.74, 6) is 3.04. The van der Waals surface area contributed by atoms with Gasteiger partial charge in [-0.2, -0.15) is 0 Å². The summed E-state index contributed by atoms with van der Waals surface area (Å²) in [4.78, 5) is 20.4. The van der Waals surface area contributed by atoms with Gasteiger partial charge in [-0.3, -0.25) is 9.69 Å². The molecular formula is C23H26N5OS+. The Balaban J connectivity index is 1.29. The number of nitrogens with zero attached hydrogens (tertiary/aromatic N) is 3. The number of aromatic amines is 1. The van der Waals surface area contributed by atoms with E-state index in [1.807, 2.05) is 37.4 Å². The Labute approximate surface area is 181 Å². The number of carbonyl (C=O) groups is 1. The van der Waals surface area contributed by atoms with Crippen LogP contribution in [0.25, 0.3) is 11.0 Å². The van der Waals surface area contributed by atoms with E-state index in [9.17, 15) is 4.79 Å². The second-order valence-electron chi connectivity index (χ2n) is 7.36. The van der Waals surface area contributed by atoms with Crippen molar-refractivity contribution in [2.75, 3.05) is 48.7 Å². The maximum atomic E-state index is 12.4. The highest BCUT2D eigenvalue weighted by Crippen LogP contribution is 2.21. The van der Waals surface area contributed by atoms with Crippen LogP contribution >= 0.6 is 11.8 Å². The average Bonchev–Trinajstić information content (AvgIpc) is 3.09. The molecule has 0 atom stereocenters. The van der Waals surface area contributed by atoms with Gasteiger partial charge >= 0.3 is 5.16 Å². The zero-order chi connectivity index (χ0) is 20.9. The monoisotopic (exact) mass is 420 g/mol.